The van der Waals surface area contributed by atoms with E-state index in [4.69, 9.17) is 27.9 Å². The smallest absolute Gasteiger partial charge is 0.256 e. The van der Waals surface area contributed by atoms with Crippen LogP contribution in [0.25, 0.3) is 10.9 Å². The van der Waals surface area contributed by atoms with E-state index in [2.05, 4.69) is 4.98 Å². The Morgan fingerprint density at radius 1 is 1.36 bits per heavy atom. The van der Waals surface area contributed by atoms with Gasteiger partial charge >= 0.3 is 0 Å². The third-order valence-corrected chi connectivity index (χ3v) is 4.49. The molecule has 0 N–H and O–H groups in total. The van der Waals surface area contributed by atoms with Gasteiger partial charge in [0.25, 0.3) is 5.91 Å². The molecule has 0 aliphatic carbocycles. The Kier molecular flexibility index (Phi) is 4.02. The first-order valence-corrected chi connectivity index (χ1v) is 7.80. The van der Waals surface area contributed by atoms with Crippen LogP contribution >= 0.6 is 23.2 Å². The van der Waals surface area contributed by atoms with Crippen LogP contribution in [0, 0.1) is 0 Å². The van der Waals surface area contributed by atoms with Crippen molar-refractivity contribution in [2.24, 2.45) is 0 Å². The average Bonchev–Trinajstić information content (AvgIpc) is 2.46. The molecule has 0 radical (unpaired) electrons. The van der Waals surface area contributed by atoms with Crippen molar-refractivity contribution in [3.63, 3.8) is 0 Å². The van der Waals surface area contributed by atoms with Gasteiger partial charge in [-0.25, -0.2) is 0 Å². The second-order valence-corrected chi connectivity index (χ2v) is 6.75. The van der Waals surface area contributed by atoms with Crippen LogP contribution in [0.5, 0.6) is 0 Å². The lowest BCUT2D eigenvalue weighted by atomic mass is 9.99. The van der Waals surface area contributed by atoms with Crippen molar-refractivity contribution < 1.29 is 9.53 Å². The Morgan fingerprint density at radius 3 is 2.86 bits per heavy atom. The van der Waals surface area contributed by atoms with Gasteiger partial charge in [0.1, 0.15) is 0 Å². The van der Waals surface area contributed by atoms with Crippen LogP contribution in [0.4, 0.5) is 0 Å². The van der Waals surface area contributed by atoms with Gasteiger partial charge in [-0.3, -0.25) is 9.78 Å². The van der Waals surface area contributed by atoms with Gasteiger partial charge in [-0.15, -0.1) is 0 Å². The fourth-order valence-electron chi connectivity index (χ4n) is 2.76. The summed E-state index contributed by atoms with van der Waals surface area (Å²) in [5.41, 5.74) is 0.652. The summed E-state index contributed by atoms with van der Waals surface area (Å²) in [7, 11) is 0. The quantitative estimate of drug-likeness (QED) is 0.794. The predicted octanol–water partition coefficient (Wildman–Crippen LogP) is 3.79. The molecule has 0 atom stereocenters. The molecule has 1 aromatic carbocycles. The SMILES string of the molecule is CC1(C)COCCN1C(=O)c1c(Cl)cc(Cl)c2ncccc12. The Morgan fingerprint density at radius 2 is 2.14 bits per heavy atom. The zero-order chi connectivity index (χ0) is 15.9. The van der Waals surface area contributed by atoms with E-state index in [1.165, 1.54) is 0 Å². The van der Waals surface area contributed by atoms with Crippen LogP contribution in [0.3, 0.4) is 0 Å². The number of benzene rings is 1. The van der Waals surface area contributed by atoms with E-state index < -0.39 is 0 Å². The highest BCUT2D eigenvalue weighted by atomic mass is 35.5. The van der Waals surface area contributed by atoms with E-state index in [-0.39, 0.29) is 11.4 Å². The van der Waals surface area contributed by atoms with Crippen molar-refractivity contribution in [2.45, 2.75) is 19.4 Å². The van der Waals surface area contributed by atoms with Crippen LogP contribution in [0.2, 0.25) is 10.0 Å². The minimum absolute atomic E-state index is 0.118. The highest BCUT2D eigenvalue weighted by Gasteiger charge is 2.36. The maximum atomic E-state index is 13.1. The molecule has 1 fully saturated rings. The summed E-state index contributed by atoms with van der Waals surface area (Å²) < 4.78 is 5.48. The normalized spacial score (nSPS) is 17.7. The Balaban J connectivity index is 2.15. The topological polar surface area (TPSA) is 42.4 Å². The molecule has 3 rings (SSSR count). The van der Waals surface area contributed by atoms with Gasteiger partial charge < -0.3 is 9.64 Å². The summed E-state index contributed by atoms with van der Waals surface area (Å²) >= 11 is 12.5. The molecule has 0 spiro atoms. The van der Waals surface area contributed by atoms with Crippen molar-refractivity contribution in [3.8, 4) is 0 Å². The number of fused-ring (bicyclic) bond motifs is 1. The molecule has 116 valence electrons. The monoisotopic (exact) mass is 338 g/mol. The van der Waals surface area contributed by atoms with Gasteiger partial charge in [-0.2, -0.15) is 0 Å². The zero-order valence-electron chi connectivity index (χ0n) is 12.4. The molecule has 0 unspecified atom stereocenters. The van der Waals surface area contributed by atoms with Gasteiger partial charge in [0, 0.05) is 18.1 Å². The first-order chi connectivity index (χ1) is 10.4. The Labute approximate surface area is 139 Å². The van der Waals surface area contributed by atoms with Crippen molar-refractivity contribution in [1.29, 1.82) is 0 Å². The molecule has 1 aliphatic heterocycles. The van der Waals surface area contributed by atoms with E-state index in [1.54, 1.807) is 23.2 Å². The largest absolute Gasteiger partial charge is 0.377 e. The lowest BCUT2D eigenvalue weighted by molar-refractivity contribution is -0.0369. The van der Waals surface area contributed by atoms with Gasteiger partial charge in [0.05, 0.1) is 39.9 Å². The van der Waals surface area contributed by atoms with Crippen LogP contribution < -0.4 is 0 Å². The molecule has 2 heterocycles. The highest BCUT2D eigenvalue weighted by Crippen LogP contribution is 2.33. The molecule has 22 heavy (non-hydrogen) atoms. The number of rotatable bonds is 1. The Hall–Kier alpha value is -1.36. The molecule has 6 heteroatoms. The van der Waals surface area contributed by atoms with E-state index in [1.807, 2.05) is 19.9 Å². The van der Waals surface area contributed by atoms with Gasteiger partial charge in [-0.1, -0.05) is 29.3 Å². The number of nitrogens with zero attached hydrogens (tertiary/aromatic N) is 2. The van der Waals surface area contributed by atoms with Crippen LogP contribution in [0.15, 0.2) is 24.4 Å². The van der Waals surface area contributed by atoms with Crippen molar-refractivity contribution in [1.82, 2.24) is 9.88 Å². The molecular formula is C16H16Cl2N2O2. The maximum absolute atomic E-state index is 13.1. The fourth-order valence-corrected chi connectivity index (χ4v) is 3.37. The number of carbonyl (C=O) groups excluding carboxylic acids is 1. The minimum atomic E-state index is -0.382. The minimum Gasteiger partial charge on any atom is -0.377 e. The molecule has 0 saturated carbocycles. The van der Waals surface area contributed by atoms with Crippen LogP contribution in [-0.2, 0) is 4.74 Å². The van der Waals surface area contributed by atoms with Gasteiger partial charge in [0.15, 0.2) is 0 Å². The van der Waals surface area contributed by atoms with E-state index >= 15 is 0 Å². The Bertz CT molecular complexity index is 746. The second-order valence-electron chi connectivity index (χ2n) is 5.94. The van der Waals surface area contributed by atoms with Gasteiger partial charge in [0.2, 0.25) is 0 Å². The molecule has 4 nitrogen and oxygen atoms in total. The molecule has 1 aliphatic rings. The number of hydrogen-bond donors (Lipinski definition) is 0. The number of pyridine rings is 1. The molecular weight excluding hydrogens is 323 g/mol. The number of carbonyl (C=O) groups is 1. The molecule has 0 bridgehead atoms. The third-order valence-electron chi connectivity index (χ3n) is 3.90. The summed E-state index contributed by atoms with van der Waals surface area (Å²) in [5.74, 6) is -0.118. The number of hydrogen-bond acceptors (Lipinski definition) is 3. The summed E-state index contributed by atoms with van der Waals surface area (Å²) in [4.78, 5) is 19.1. The number of aromatic nitrogens is 1. The van der Waals surface area contributed by atoms with E-state index in [0.29, 0.717) is 46.3 Å². The first kappa shape index (κ1) is 15.5. The maximum Gasteiger partial charge on any atom is 0.256 e. The first-order valence-electron chi connectivity index (χ1n) is 7.04. The number of halogens is 2. The number of amides is 1. The molecule has 1 saturated heterocycles. The standard InChI is InChI=1S/C16H16Cl2N2O2/c1-16(2)9-22-7-6-20(16)15(21)13-10-4-3-5-19-14(10)12(18)8-11(13)17/h3-5,8H,6-7,9H2,1-2H3. The summed E-state index contributed by atoms with van der Waals surface area (Å²) in [6.45, 7) is 5.52. The summed E-state index contributed by atoms with van der Waals surface area (Å²) in [5, 5.41) is 1.46. The molecule has 1 aromatic heterocycles. The molecule has 1 amide bonds. The van der Waals surface area contributed by atoms with Crippen molar-refractivity contribution >= 4 is 40.0 Å². The van der Waals surface area contributed by atoms with Gasteiger partial charge in [-0.05, 0) is 26.0 Å². The highest BCUT2D eigenvalue weighted by molar-refractivity contribution is 6.41. The predicted molar refractivity (Wildman–Crippen MR) is 87.7 cm³/mol. The summed E-state index contributed by atoms with van der Waals surface area (Å²) in [6.07, 6.45) is 1.65. The lowest BCUT2D eigenvalue weighted by Crippen LogP contribution is -2.55. The van der Waals surface area contributed by atoms with E-state index in [0.717, 1.165) is 0 Å². The number of ether oxygens (including phenoxy) is 1. The third kappa shape index (κ3) is 2.56. The van der Waals surface area contributed by atoms with Crippen LogP contribution in [0.1, 0.15) is 24.2 Å². The van der Waals surface area contributed by atoms with Crippen LogP contribution in [-0.4, -0.2) is 41.1 Å². The van der Waals surface area contributed by atoms with E-state index in [9.17, 15) is 4.79 Å². The summed E-state index contributed by atoms with van der Waals surface area (Å²) in [6, 6.07) is 5.18. The van der Waals surface area contributed by atoms with Crippen molar-refractivity contribution in [3.05, 3.63) is 40.0 Å². The zero-order valence-corrected chi connectivity index (χ0v) is 13.9. The number of morpholine rings is 1. The second kappa shape index (κ2) is 5.69. The average molecular weight is 339 g/mol. The fraction of sp³-hybridized carbons (Fsp3) is 0.375. The lowest BCUT2D eigenvalue weighted by Gasteiger charge is -2.42. The van der Waals surface area contributed by atoms with Crippen molar-refractivity contribution in [2.75, 3.05) is 19.8 Å². The molecule has 2 aromatic rings.